The van der Waals surface area contributed by atoms with Crippen LogP contribution in [0.2, 0.25) is 0 Å². The zero-order chi connectivity index (χ0) is 74.8. The van der Waals surface area contributed by atoms with Gasteiger partial charge in [-0.3, -0.25) is 37.3 Å². The molecule has 0 heterocycles. The molecule has 0 spiro atoms. The maximum atomic E-state index is 13.1. The van der Waals surface area contributed by atoms with Crippen LogP contribution in [0.1, 0.15) is 446 Å². The first-order valence-corrected chi connectivity index (χ1v) is 46.1. The van der Waals surface area contributed by atoms with Gasteiger partial charge in [-0.05, 0) is 31.6 Å². The molecule has 2 unspecified atom stereocenters. The molecule has 0 saturated carbocycles. The highest BCUT2D eigenvalue weighted by Gasteiger charge is 2.30. The Bertz CT molecular complexity index is 1940. The van der Waals surface area contributed by atoms with Crippen LogP contribution in [0.5, 0.6) is 0 Å². The van der Waals surface area contributed by atoms with E-state index in [1.165, 1.54) is 270 Å². The lowest BCUT2D eigenvalue weighted by molar-refractivity contribution is -0.161. The molecule has 5 atom stereocenters. The number of unbranched alkanes of at least 4 members (excludes halogenated alkanes) is 55. The van der Waals surface area contributed by atoms with Gasteiger partial charge in [0, 0.05) is 25.7 Å². The summed E-state index contributed by atoms with van der Waals surface area (Å²) in [5.74, 6) is -1.29. The summed E-state index contributed by atoms with van der Waals surface area (Å²) in [6, 6.07) is 0. The molecule has 19 heteroatoms. The Hall–Kier alpha value is -1.94. The number of hydrogen-bond donors (Lipinski definition) is 3. The minimum Gasteiger partial charge on any atom is -0.462 e. The zero-order valence-corrected chi connectivity index (χ0v) is 68.5. The first kappa shape index (κ1) is 100. The van der Waals surface area contributed by atoms with Crippen LogP contribution in [0, 0.1) is 5.92 Å². The summed E-state index contributed by atoms with van der Waals surface area (Å²) >= 11 is 0. The minimum atomic E-state index is -4.96. The number of phosphoric acid groups is 2. The topological polar surface area (TPSA) is 237 Å². The third-order valence-electron chi connectivity index (χ3n) is 19.5. The van der Waals surface area contributed by atoms with E-state index < -0.39 is 97.5 Å². The lowest BCUT2D eigenvalue weighted by Gasteiger charge is -2.21. The summed E-state index contributed by atoms with van der Waals surface area (Å²) in [5, 5.41) is 10.6. The van der Waals surface area contributed by atoms with Crippen LogP contribution < -0.4 is 0 Å². The van der Waals surface area contributed by atoms with Crippen molar-refractivity contribution in [2.75, 3.05) is 39.6 Å². The van der Waals surface area contributed by atoms with Crippen LogP contribution in [-0.4, -0.2) is 96.7 Å². The van der Waals surface area contributed by atoms with E-state index in [1.807, 2.05) is 0 Å². The lowest BCUT2D eigenvalue weighted by atomic mass is 10.0. The molecule has 0 saturated heterocycles. The maximum Gasteiger partial charge on any atom is 0.472 e. The van der Waals surface area contributed by atoms with Crippen molar-refractivity contribution in [1.29, 1.82) is 0 Å². The molecule has 0 bridgehead atoms. The Morgan fingerprint density at radius 1 is 0.265 bits per heavy atom. The number of aliphatic hydroxyl groups is 1. The average Bonchev–Trinajstić information content (AvgIpc) is 0.914. The van der Waals surface area contributed by atoms with Crippen molar-refractivity contribution >= 4 is 39.5 Å². The van der Waals surface area contributed by atoms with Crippen LogP contribution in [0.25, 0.3) is 0 Å². The molecule has 0 fully saturated rings. The van der Waals surface area contributed by atoms with Gasteiger partial charge in [0.2, 0.25) is 0 Å². The lowest BCUT2D eigenvalue weighted by Crippen LogP contribution is -2.30. The van der Waals surface area contributed by atoms with Crippen LogP contribution >= 0.6 is 15.6 Å². The van der Waals surface area contributed by atoms with Crippen molar-refractivity contribution in [2.45, 2.75) is 464 Å². The van der Waals surface area contributed by atoms with Gasteiger partial charge < -0.3 is 33.8 Å². The van der Waals surface area contributed by atoms with Gasteiger partial charge in [0.15, 0.2) is 12.2 Å². The SMILES string of the molecule is CCCCCCCCCCCCCCCCCCCCCCC(=O)O[C@H](COC(=O)CCCCCCCCCCCCCCCCCCC(C)C)COP(=O)(O)OC[C@@H](O)COP(=O)(O)OC[C@@H](COC(=O)CCCCCCCCCCC)OC(=O)CCCCCCCCCCCCCCCC. The first-order chi connectivity index (χ1) is 49.5. The summed E-state index contributed by atoms with van der Waals surface area (Å²) in [4.78, 5) is 73.0. The summed E-state index contributed by atoms with van der Waals surface area (Å²) in [6.45, 7) is 7.36. The third kappa shape index (κ3) is 76.3. The fraction of sp³-hybridized carbons (Fsp3) is 0.952. The number of esters is 4. The van der Waals surface area contributed by atoms with Gasteiger partial charge in [-0.25, -0.2) is 9.13 Å². The molecule has 0 amide bonds. The van der Waals surface area contributed by atoms with Gasteiger partial charge in [-0.2, -0.15) is 0 Å². The van der Waals surface area contributed by atoms with Crippen molar-refractivity contribution in [2.24, 2.45) is 5.92 Å². The summed E-state index contributed by atoms with van der Waals surface area (Å²) in [6.07, 6.45) is 68.0. The molecule has 0 aromatic carbocycles. The van der Waals surface area contributed by atoms with Gasteiger partial charge in [0.1, 0.15) is 19.3 Å². The quantitative estimate of drug-likeness (QED) is 0.0222. The normalized spacial score (nSPS) is 13.8. The summed E-state index contributed by atoms with van der Waals surface area (Å²) in [7, 11) is -9.92. The highest BCUT2D eigenvalue weighted by molar-refractivity contribution is 7.47. The molecule has 0 rings (SSSR count). The fourth-order valence-corrected chi connectivity index (χ4v) is 14.5. The molecule has 17 nitrogen and oxygen atoms in total. The van der Waals surface area contributed by atoms with Gasteiger partial charge in [0.05, 0.1) is 26.4 Å². The van der Waals surface area contributed by atoms with Gasteiger partial charge in [-0.15, -0.1) is 0 Å². The Balaban J connectivity index is 5.21. The highest BCUT2D eigenvalue weighted by atomic mass is 31.2. The van der Waals surface area contributed by atoms with E-state index in [2.05, 4.69) is 34.6 Å². The maximum absolute atomic E-state index is 13.1. The second kappa shape index (κ2) is 75.9. The number of carbonyl (C=O) groups is 4. The predicted molar refractivity (Wildman–Crippen MR) is 418 cm³/mol. The van der Waals surface area contributed by atoms with Crippen molar-refractivity contribution < 1.29 is 80.2 Å². The van der Waals surface area contributed by atoms with Crippen LogP contribution in [0.15, 0.2) is 0 Å². The van der Waals surface area contributed by atoms with E-state index in [4.69, 9.17) is 37.0 Å². The molecule has 0 aromatic rings. The van der Waals surface area contributed by atoms with E-state index in [0.717, 1.165) is 95.8 Å². The number of carbonyl (C=O) groups excluding carboxylic acids is 4. The number of hydrogen-bond acceptors (Lipinski definition) is 15. The van der Waals surface area contributed by atoms with Crippen LogP contribution in [0.3, 0.4) is 0 Å². The zero-order valence-electron chi connectivity index (χ0n) is 66.8. The van der Waals surface area contributed by atoms with E-state index in [-0.39, 0.29) is 25.7 Å². The number of ether oxygens (including phenoxy) is 4. The Kier molecular flexibility index (Phi) is 74.4. The molecule has 606 valence electrons. The predicted octanol–water partition coefficient (Wildman–Crippen LogP) is 25.2. The van der Waals surface area contributed by atoms with Crippen LogP contribution in [-0.2, 0) is 65.4 Å². The summed E-state index contributed by atoms with van der Waals surface area (Å²) in [5.41, 5.74) is 0. The highest BCUT2D eigenvalue weighted by Crippen LogP contribution is 2.45. The Morgan fingerprint density at radius 2 is 0.451 bits per heavy atom. The number of phosphoric ester groups is 2. The average molecular weight is 1490 g/mol. The summed E-state index contributed by atoms with van der Waals surface area (Å²) < 4.78 is 68.7. The molecule has 0 aliphatic heterocycles. The molecule has 0 aromatic heterocycles. The van der Waals surface area contributed by atoms with Crippen molar-refractivity contribution in [3.63, 3.8) is 0 Å². The molecule has 0 radical (unpaired) electrons. The smallest absolute Gasteiger partial charge is 0.462 e. The fourth-order valence-electron chi connectivity index (χ4n) is 12.9. The largest absolute Gasteiger partial charge is 0.472 e. The van der Waals surface area contributed by atoms with Crippen molar-refractivity contribution in [1.82, 2.24) is 0 Å². The molecule has 102 heavy (non-hydrogen) atoms. The molecule has 3 N–H and O–H groups in total. The molecular weight excluding hydrogens is 1330 g/mol. The van der Waals surface area contributed by atoms with E-state index >= 15 is 0 Å². The molecular formula is C83H162O17P2. The minimum absolute atomic E-state index is 0.108. The van der Waals surface area contributed by atoms with Gasteiger partial charge >= 0.3 is 39.5 Å². The van der Waals surface area contributed by atoms with Crippen molar-refractivity contribution in [3.05, 3.63) is 0 Å². The Morgan fingerprint density at radius 3 is 0.667 bits per heavy atom. The second-order valence-electron chi connectivity index (χ2n) is 30.3. The van der Waals surface area contributed by atoms with E-state index in [9.17, 15) is 43.2 Å². The van der Waals surface area contributed by atoms with Crippen molar-refractivity contribution in [3.8, 4) is 0 Å². The third-order valence-corrected chi connectivity index (χ3v) is 21.4. The van der Waals surface area contributed by atoms with E-state index in [0.29, 0.717) is 25.7 Å². The first-order valence-electron chi connectivity index (χ1n) is 43.1. The molecule has 0 aliphatic carbocycles. The monoisotopic (exact) mass is 1490 g/mol. The number of aliphatic hydroxyl groups excluding tert-OH is 1. The van der Waals surface area contributed by atoms with Gasteiger partial charge in [-0.1, -0.05) is 394 Å². The van der Waals surface area contributed by atoms with E-state index in [1.54, 1.807) is 0 Å². The van der Waals surface area contributed by atoms with Gasteiger partial charge in [0.25, 0.3) is 0 Å². The standard InChI is InChI=1S/C83H162O17P2/c1-6-9-12-15-18-21-23-25-27-28-29-30-31-36-40-44-49-54-59-64-69-83(88)100-79(73-94-81(86)67-62-57-52-47-42-39-35-33-32-34-37-41-46-50-55-60-65-76(4)5)75-98-102(91,92)96-71-77(84)70-95-101(89,90)97-74-78(72-93-80(85)66-61-56-51-45-20-17-14-11-8-3)99-82(87)68-63-58-53-48-43-38-26-24-22-19-16-13-10-7-2/h76-79,84H,6-75H2,1-5H3,(H,89,90)(H,91,92)/t77-,78+,79+/m0/s1. The molecule has 0 aliphatic rings. The number of rotatable bonds is 83. The second-order valence-corrected chi connectivity index (χ2v) is 33.3. The van der Waals surface area contributed by atoms with Crippen LogP contribution in [0.4, 0.5) is 0 Å². The Labute approximate surface area is 626 Å².